The standard InChI is InChI=1S/C19H22F3NO4S2/c1-14(24)18-9-8-17(28-18)7-4-10-23(29(2,25)26)11-12-27-16-6-3-5-15(13-16)19(20,21)22/h3,5-6,8-9,13H,4,7,10-12H2,1-2H3. The van der Waals surface area contributed by atoms with E-state index in [1.54, 1.807) is 6.07 Å². The summed E-state index contributed by atoms with van der Waals surface area (Å²) in [6.07, 6.45) is -2.22. The summed E-state index contributed by atoms with van der Waals surface area (Å²) in [6.45, 7) is 1.70. The van der Waals surface area contributed by atoms with Crippen LogP contribution >= 0.6 is 11.3 Å². The van der Waals surface area contributed by atoms with Crippen LogP contribution in [0.2, 0.25) is 0 Å². The van der Waals surface area contributed by atoms with E-state index < -0.39 is 21.8 Å². The van der Waals surface area contributed by atoms with Gasteiger partial charge in [-0.05, 0) is 50.1 Å². The molecule has 1 aromatic carbocycles. The Morgan fingerprint density at radius 2 is 1.90 bits per heavy atom. The van der Waals surface area contributed by atoms with Crippen LogP contribution in [-0.2, 0) is 22.6 Å². The average molecular weight is 450 g/mol. The highest BCUT2D eigenvalue weighted by atomic mass is 32.2. The molecule has 0 spiro atoms. The lowest BCUT2D eigenvalue weighted by atomic mass is 10.2. The van der Waals surface area contributed by atoms with Crippen molar-refractivity contribution in [3.8, 4) is 5.75 Å². The highest BCUT2D eigenvalue weighted by Gasteiger charge is 2.30. The number of carbonyl (C=O) groups excluding carboxylic acids is 1. The fourth-order valence-corrected chi connectivity index (χ4v) is 4.41. The molecule has 160 valence electrons. The van der Waals surface area contributed by atoms with E-state index in [2.05, 4.69) is 0 Å². The quantitative estimate of drug-likeness (QED) is 0.509. The number of nitrogens with zero attached hydrogens (tertiary/aromatic N) is 1. The first-order valence-corrected chi connectivity index (χ1v) is 11.5. The molecule has 0 atom stereocenters. The molecule has 0 radical (unpaired) electrons. The van der Waals surface area contributed by atoms with Gasteiger partial charge in [-0.1, -0.05) is 6.07 Å². The molecule has 1 aromatic heterocycles. The molecule has 0 fully saturated rings. The van der Waals surface area contributed by atoms with Gasteiger partial charge in [-0.2, -0.15) is 17.5 Å². The number of hydrogen-bond acceptors (Lipinski definition) is 5. The number of Topliss-reactive ketones (excluding diaryl/α,β-unsaturated/α-hetero) is 1. The molecule has 29 heavy (non-hydrogen) atoms. The first kappa shape index (κ1) is 23.4. The Kier molecular flexibility index (Phi) is 7.84. The molecular weight excluding hydrogens is 427 g/mol. The van der Waals surface area contributed by atoms with Gasteiger partial charge in [-0.3, -0.25) is 4.79 Å². The topological polar surface area (TPSA) is 63.7 Å². The third kappa shape index (κ3) is 7.45. The Balaban J connectivity index is 1.88. The van der Waals surface area contributed by atoms with E-state index in [1.165, 1.54) is 34.7 Å². The first-order valence-electron chi connectivity index (χ1n) is 8.81. The van der Waals surface area contributed by atoms with Crippen molar-refractivity contribution in [1.82, 2.24) is 4.31 Å². The van der Waals surface area contributed by atoms with Gasteiger partial charge >= 0.3 is 6.18 Å². The highest BCUT2D eigenvalue weighted by molar-refractivity contribution is 7.88. The number of halogens is 3. The molecule has 0 saturated carbocycles. The molecule has 0 N–H and O–H groups in total. The zero-order valence-corrected chi connectivity index (χ0v) is 17.7. The number of carbonyl (C=O) groups is 1. The van der Waals surface area contributed by atoms with Crippen molar-refractivity contribution < 1.29 is 31.1 Å². The van der Waals surface area contributed by atoms with Crippen molar-refractivity contribution in [2.24, 2.45) is 0 Å². The van der Waals surface area contributed by atoms with Crippen molar-refractivity contribution >= 4 is 27.1 Å². The van der Waals surface area contributed by atoms with Gasteiger partial charge in [0.15, 0.2) is 5.78 Å². The second kappa shape index (κ2) is 9.73. The van der Waals surface area contributed by atoms with Crippen LogP contribution in [0, 0.1) is 0 Å². The maximum Gasteiger partial charge on any atom is 0.416 e. The fourth-order valence-electron chi connectivity index (χ4n) is 2.60. The monoisotopic (exact) mass is 449 g/mol. The van der Waals surface area contributed by atoms with E-state index in [1.807, 2.05) is 6.07 Å². The normalized spacial score (nSPS) is 12.3. The number of hydrogen-bond donors (Lipinski definition) is 0. The molecular formula is C19H22F3NO4S2. The predicted octanol–water partition coefficient (Wildman–Crippen LogP) is 4.24. The lowest BCUT2D eigenvalue weighted by Gasteiger charge is -2.20. The molecule has 0 aliphatic rings. The Hall–Kier alpha value is -1.91. The van der Waals surface area contributed by atoms with E-state index >= 15 is 0 Å². The number of thiophene rings is 1. The van der Waals surface area contributed by atoms with Crippen LogP contribution < -0.4 is 4.74 Å². The number of rotatable bonds is 10. The van der Waals surface area contributed by atoms with Crippen LogP contribution in [0.5, 0.6) is 5.75 Å². The van der Waals surface area contributed by atoms with Crippen molar-refractivity contribution in [1.29, 1.82) is 0 Å². The second-order valence-corrected chi connectivity index (χ2v) is 9.61. The highest BCUT2D eigenvalue weighted by Crippen LogP contribution is 2.31. The van der Waals surface area contributed by atoms with Gasteiger partial charge in [0.2, 0.25) is 10.0 Å². The predicted molar refractivity (Wildman–Crippen MR) is 106 cm³/mol. The molecule has 5 nitrogen and oxygen atoms in total. The lowest BCUT2D eigenvalue weighted by Crippen LogP contribution is -2.34. The second-order valence-electron chi connectivity index (χ2n) is 6.46. The molecule has 0 bridgehead atoms. The first-order chi connectivity index (χ1) is 13.5. The summed E-state index contributed by atoms with van der Waals surface area (Å²) in [5, 5.41) is 0. The average Bonchev–Trinajstić information content (AvgIpc) is 3.08. The van der Waals surface area contributed by atoms with Crippen molar-refractivity contribution in [3.63, 3.8) is 0 Å². The van der Waals surface area contributed by atoms with E-state index in [0.717, 1.165) is 23.3 Å². The number of sulfonamides is 1. The number of alkyl halides is 3. The third-order valence-corrected chi connectivity index (χ3v) is 6.63. The van der Waals surface area contributed by atoms with Gasteiger partial charge in [-0.15, -0.1) is 11.3 Å². The van der Waals surface area contributed by atoms with E-state index in [-0.39, 0.29) is 31.2 Å². The zero-order valence-electron chi connectivity index (χ0n) is 16.0. The third-order valence-electron chi connectivity index (χ3n) is 4.08. The Bertz CT molecular complexity index is 939. The van der Waals surface area contributed by atoms with Gasteiger partial charge in [0.05, 0.1) is 16.7 Å². The molecule has 2 rings (SSSR count). The van der Waals surface area contributed by atoms with E-state index in [9.17, 15) is 26.4 Å². The van der Waals surface area contributed by atoms with Crippen LogP contribution in [0.25, 0.3) is 0 Å². The van der Waals surface area contributed by atoms with Gasteiger partial charge in [0, 0.05) is 18.0 Å². The summed E-state index contributed by atoms with van der Waals surface area (Å²) in [6, 6.07) is 8.06. The summed E-state index contributed by atoms with van der Waals surface area (Å²) in [5.41, 5.74) is -0.823. The fraction of sp³-hybridized carbons (Fsp3) is 0.421. The number of benzene rings is 1. The van der Waals surface area contributed by atoms with Gasteiger partial charge < -0.3 is 4.74 Å². The maximum absolute atomic E-state index is 12.7. The summed E-state index contributed by atoms with van der Waals surface area (Å²) < 4.78 is 68.7. The summed E-state index contributed by atoms with van der Waals surface area (Å²) in [7, 11) is -3.49. The number of aryl methyl sites for hydroxylation is 1. The van der Waals surface area contributed by atoms with Gasteiger partial charge in [0.25, 0.3) is 0 Å². The number of ether oxygens (including phenoxy) is 1. The molecule has 0 saturated heterocycles. The van der Waals surface area contributed by atoms with Crippen LogP contribution in [-0.4, -0.2) is 44.5 Å². The van der Waals surface area contributed by atoms with E-state index in [4.69, 9.17) is 4.74 Å². The molecule has 0 aliphatic carbocycles. The minimum absolute atomic E-state index is 0.00856. The molecule has 10 heteroatoms. The van der Waals surface area contributed by atoms with Crippen molar-refractivity contribution in [2.75, 3.05) is 26.0 Å². The summed E-state index contributed by atoms with van der Waals surface area (Å²) >= 11 is 1.38. The summed E-state index contributed by atoms with van der Waals surface area (Å²) in [4.78, 5) is 13.0. The molecule has 1 heterocycles. The molecule has 0 aliphatic heterocycles. The molecule has 0 amide bonds. The Morgan fingerprint density at radius 1 is 1.17 bits per heavy atom. The minimum atomic E-state index is -4.47. The van der Waals surface area contributed by atoms with Gasteiger partial charge in [-0.25, -0.2) is 8.42 Å². The van der Waals surface area contributed by atoms with Crippen molar-refractivity contribution in [3.05, 3.63) is 51.7 Å². The summed E-state index contributed by atoms with van der Waals surface area (Å²) in [5.74, 6) is 0.0226. The number of ketones is 1. The Labute approximate surface area is 172 Å². The van der Waals surface area contributed by atoms with E-state index in [0.29, 0.717) is 17.7 Å². The van der Waals surface area contributed by atoms with Gasteiger partial charge in [0.1, 0.15) is 12.4 Å². The smallest absolute Gasteiger partial charge is 0.416 e. The largest absolute Gasteiger partial charge is 0.492 e. The van der Waals surface area contributed by atoms with Crippen LogP contribution in [0.4, 0.5) is 13.2 Å². The van der Waals surface area contributed by atoms with Crippen LogP contribution in [0.15, 0.2) is 36.4 Å². The zero-order chi connectivity index (χ0) is 21.7. The Morgan fingerprint density at radius 3 is 2.48 bits per heavy atom. The lowest BCUT2D eigenvalue weighted by molar-refractivity contribution is -0.137. The molecule has 0 unspecified atom stereocenters. The van der Waals surface area contributed by atoms with Crippen molar-refractivity contribution in [2.45, 2.75) is 25.9 Å². The maximum atomic E-state index is 12.7. The van der Waals surface area contributed by atoms with Crippen LogP contribution in [0.3, 0.4) is 0 Å². The minimum Gasteiger partial charge on any atom is -0.492 e. The molecule has 2 aromatic rings. The SMILES string of the molecule is CC(=O)c1ccc(CCCN(CCOc2cccc(C(F)(F)F)c2)S(C)(=O)=O)s1. The van der Waals surface area contributed by atoms with Crippen LogP contribution in [0.1, 0.15) is 33.5 Å².